The van der Waals surface area contributed by atoms with Gasteiger partial charge in [0.15, 0.2) is 17.3 Å². The zero-order chi connectivity index (χ0) is 23.7. The number of hydrogen-bond acceptors (Lipinski definition) is 7. The van der Waals surface area contributed by atoms with Crippen LogP contribution in [0.4, 0.5) is 0 Å². The van der Waals surface area contributed by atoms with Crippen LogP contribution in [0.1, 0.15) is 55.6 Å². The smallest absolute Gasteiger partial charge is 0.336 e. The molecule has 0 amide bonds. The Bertz CT molecular complexity index is 1160. The van der Waals surface area contributed by atoms with Crippen molar-refractivity contribution in [2.45, 2.75) is 45.4 Å². The summed E-state index contributed by atoms with van der Waals surface area (Å²) in [5.41, 5.74) is 3.48. The third-order valence-electron chi connectivity index (χ3n) is 6.25. The highest BCUT2D eigenvalue weighted by Crippen LogP contribution is 2.46. The molecule has 4 rings (SSSR count). The highest BCUT2D eigenvalue weighted by Gasteiger charge is 2.42. The van der Waals surface area contributed by atoms with Crippen LogP contribution in [-0.2, 0) is 14.3 Å². The lowest BCUT2D eigenvalue weighted by molar-refractivity contribution is -0.138. The van der Waals surface area contributed by atoms with Crippen molar-refractivity contribution < 1.29 is 28.2 Å². The zero-order valence-corrected chi connectivity index (χ0v) is 19.6. The third-order valence-corrected chi connectivity index (χ3v) is 6.25. The first-order chi connectivity index (χ1) is 15.9. The molecule has 1 aliphatic carbocycles. The first-order valence-corrected chi connectivity index (χ1v) is 11.1. The van der Waals surface area contributed by atoms with E-state index in [1.807, 2.05) is 44.2 Å². The Balaban J connectivity index is 1.75. The lowest BCUT2D eigenvalue weighted by Crippen LogP contribution is -2.36. The molecule has 0 saturated carbocycles. The summed E-state index contributed by atoms with van der Waals surface area (Å²) in [6, 6.07) is 9.42. The summed E-state index contributed by atoms with van der Waals surface area (Å²) >= 11 is 0. The first kappa shape index (κ1) is 22.7. The predicted molar refractivity (Wildman–Crippen MR) is 122 cm³/mol. The van der Waals surface area contributed by atoms with Gasteiger partial charge in [-0.15, -0.1) is 0 Å². The molecule has 0 spiro atoms. The second-order valence-corrected chi connectivity index (χ2v) is 8.30. The monoisotopic (exact) mass is 451 g/mol. The number of ether oxygens (including phenoxy) is 3. The number of furan rings is 1. The third kappa shape index (κ3) is 4.15. The molecule has 0 unspecified atom stereocenters. The number of benzene rings is 1. The van der Waals surface area contributed by atoms with Crippen LogP contribution in [0.3, 0.4) is 0 Å². The topological polar surface area (TPSA) is 87.0 Å². The van der Waals surface area contributed by atoms with Gasteiger partial charge in [0.05, 0.1) is 32.3 Å². The van der Waals surface area contributed by atoms with Crippen LogP contribution in [0.5, 0.6) is 11.5 Å². The van der Waals surface area contributed by atoms with Gasteiger partial charge in [0.25, 0.3) is 0 Å². The highest BCUT2D eigenvalue weighted by molar-refractivity contribution is 6.04. The molecule has 0 bridgehead atoms. The molecule has 2 atom stereocenters. The number of rotatable bonds is 6. The molecule has 0 saturated heterocycles. The highest BCUT2D eigenvalue weighted by atomic mass is 16.5. The van der Waals surface area contributed by atoms with Gasteiger partial charge in [0.2, 0.25) is 0 Å². The van der Waals surface area contributed by atoms with E-state index in [0.29, 0.717) is 46.9 Å². The van der Waals surface area contributed by atoms with Crippen molar-refractivity contribution >= 4 is 11.8 Å². The van der Waals surface area contributed by atoms with Gasteiger partial charge in [-0.25, -0.2) is 4.79 Å². The van der Waals surface area contributed by atoms with Gasteiger partial charge in [-0.05, 0) is 62.9 Å². The number of Topliss-reactive ketones (excluding diaryl/α,β-unsaturated/α-hetero) is 1. The van der Waals surface area contributed by atoms with Crippen LogP contribution in [0.2, 0.25) is 0 Å². The summed E-state index contributed by atoms with van der Waals surface area (Å²) in [5.74, 6) is 1.49. The summed E-state index contributed by atoms with van der Waals surface area (Å²) in [4.78, 5) is 26.4. The van der Waals surface area contributed by atoms with Crippen molar-refractivity contribution in [3.8, 4) is 11.5 Å². The fourth-order valence-electron chi connectivity index (χ4n) is 4.75. The van der Waals surface area contributed by atoms with Crippen molar-refractivity contribution in [2.75, 3.05) is 20.8 Å². The van der Waals surface area contributed by atoms with Crippen LogP contribution in [-0.4, -0.2) is 32.6 Å². The second kappa shape index (κ2) is 9.17. The Morgan fingerprint density at radius 1 is 1.09 bits per heavy atom. The molecule has 1 aromatic heterocycles. The number of hydrogen-bond donors (Lipinski definition) is 1. The number of allylic oxidation sites excluding steroid dienone is 3. The van der Waals surface area contributed by atoms with Gasteiger partial charge >= 0.3 is 5.97 Å². The van der Waals surface area contributed by atoms with E-state index in [2.05, 4.69) is 5.32 Å². The molecule has 2 aromatic rings. The van der Waals surface area contributed by atoms with E-state index in [4.69, 9.17) is 18.6 Å². The Morgan fingerprint density at radius 2 is 1.85 bits per heavy atom. The summed E-state index contributed by atoms with van der Waals surface area (Å²) in [6.07, 6.45) is 0.946. The zero-order valence-electron chi connectivity index (χ0n) is 19.6. The van der Waals surface area contributed by atoms with E-state index in [0.717, 1.165) is 17.0 Å². The summed E-state index contributed by atoms with van der Waals surface area (Å²) in [5, 5.41) is 3.34. The second-order valence-electron chi connectivity index (χ2n) is 8.30. The maximum Gasteiger partial charge on any atom is 0.336 e. The number of esters is 1. The largest absolute Gasteiger partial charge is 0.493 e. The minimum Gasteiger partial charge on any atom is -0.493 e. The maximum absolute atomic E-state index is 13.5. The van der Waals surface area contributed by atoms with Gasteiger partial charge in [0.1, 0.15) is 11.5 Å². The van der Waals surface area contributed by atoms with Crippen LogP contribution in [0.15, 0.2) is 57.3 Å². The molecule has 1 aromatic carbocycles. The van der Waals surface area contributed by atoms with E-state index in [1.54, 1.807) is 21.1 Å². The summed E-state index contributed by atoms with van der Waals surface area (Å²) in [7, 11) is 3.19. The Kier molecular flexibility index (Phi) is 6.31. The maximum atomic E-state index is 13.5. The molecule has 2 aliphatic rings. The van der Waals surface area contributed by atoms with E-state index in [-0.39, 0.29) is 18.3 Å². The lowest BCUT2D eigenvalue weighted by Gasteiger charge is -2.35. The van der Waals surface area contributed by atoms with Crippen LogP contribution >= 0.6 is 0 Å². The van der Waals surface area contributed by atoms with Gasteiger partial charge in [0, 0.05) is 23.4 Å². The number of methoxy groups -OCH3 is 2. The number of carbonyl (C=O) groups is 2. The van der Waals surface area contributed by atoms with E-state index < -0.39 is 11.9 Å². The molecule has 0 radical (unpaired) electrons. The van der Waals surface area contributed by atoms with Gasteiger partial charge in [-0.1, -0.05) is 6.07 Å². The van der Waals surface area contributed by atoms with Crippen LogP contribution < -0.4 is 14.8 Å². The molecule has 7 heteroatoms. The van der Waals surface area contributed by atoms with Crippen molar-refractivity contribution in [1.29, 1.82) is 0 Å². The van der Waals surface area contributed by atoms with Crippen LogP contribution in [0, 0.1) is 6.92 Å². The molecule has 1 N–H and O–H groups in total. The van der Waals surface area contributed by atoms with Crippen molar-refractivity contribution in [3.05, 3.63) is 70.0 Å². The molecule has 1 aliphatic heterocycles. The predicted octanol–water partition coefficient (Wildman–Crippen LogP) is 4.53. The summed E-state index contributed by atoms with van der Waals surface area (Å²) < 4.78 is 22.0. The fraction of sp³-hybridized carbons (Fsp3) is 0.385. The molecular weight excluding hydrogens is 422 g/mol. The van der Waals surface area contributed by atoms with Crippen LogP contribution in [0.25, 0.3) is 0 Å². The molecule has 174 valence electrons. The summed E-state index contributed by atoms with van der Waals surface area (Å²) in [6.45, 7) is 5.70. The minimum atomic E-state index is -0.590. The van der Waals surface area contributed by atoms with E-state index in [1.165, 1.54) is 0 Å². The fourth-order valence-corrected chi connectivity index (χ4v) is 4.75. The SMILES string of the molecule is CCOC(=O)C1=C(C)NC2=C(C(=O)C[C@H](c3ccc(OC)c(OC)c3)C2)[C@@H]1c1ccc(C)o1. The molecule has 0 fully saturated rings. The molecule has 7 nitrogen and oxygen atoms in total. The van der Waals surface area contributed by atoms with Gasteiger partial charge in [-0.3, -0.25) is 4.79 Å². The number of carbonyl (C=O) groups excluding carboxylic acids is 2. The average Bonchev–Trinajstić information content (AvgIpc) is 3.23. The number of dihydropyridines is 1. The molecule has 33 heavy (non-hydrogen) atoms. The minimum absolute atomic E-state index is 0.0168. The number of aryl methyl sites for hydroxylation is 1. The van der Waals surface area contributed by atoms with Gasteiger partial charge in [-0.2, -0.15) is 0 Å². The van der Waals surface area contributed by atoms with Crippen molar-refractivity contribution in [3.63, 3.8) is 0 Å². The van der Waals surface area contributed by atoms with E-state index >= 15 is 0 Å². The Morgan fingerprint density at radius 3 is 2.48 bits per heavy atom. The van der Waals surface area contributed by atoms with Crippen molar-refractivity contribution in [1.82, 2.24) is 5.32 Å². The standard InChI is InChI=1S/C26H29NO6/c1-6-32-26(29)23-15(3)27-18-11-17(16-8-10-20(30-4)22(13-16)31-5)12-19(28)24(18)25(23)21-9-7-14(2)33-21/h7-10,13,17,25,27H,6,11-12H2,1-5H3/t17-,25-/m1/s1. The number of ketones is 1. The first-order valence-electron chi connectivity index (χ1n) is 11.1. The molecular formula is C26H29NO6. The number of nitrogens with one attached hydrogen (secondary N) is 1. The lowest BCUT2D eigenvalue weighted by atomic mass is 9.73. The Labute approximate surface area is 193 Å². The Hall–Kier alpha value is -3.48. The average molecular weight is 452 g/mol. The van der Waals surface area contributed by atoms with E-state index in [9.17, 15) is 9.59 Å². The normalized spacial score (nSPS) is 20.3. The quantitative estimate of drug-likeness (QED) is 0.646. The molecule has 2 heterocycles. The van der Waals surface area contributed by atoms with Crippen molar-refractivity contribution in [2.24, 2.45) is 0 Å². The van der Waals surface area contributed by atoms with Gasteiger partial charge < -0.3 is 23.9 Å².